The molecule has 112 valence electrons. The van der Waals surface area contributed by atoms with E-state index in [9.17, 15) is 18.4 Å². The summed E-state index contributed by atoms with van der Waals surface area (Å²) >= 11 is 0. The molecule has 1 amide bonds. The molecule has 1 rings (SSSR count). The van der Waals surface area contributed by atoms with Gasteiger partial charge in [-0.3, -0.25) is 9.59 Å². The van der Waals surface area contributed by atoms with Crippen molar-refractivity contribution in [3.63, 3.8) is 0 Å². The number of rotatable bonds is 7. The van der Waals surface area contributed by atoms with Crippen LogP contribution < -0.4 is 0 Å². The third-order valence-electron chi connectivity index (χ3n) is 2.68. The molecule has 7 heteroatoms. The second kappa shape index (κ2) is 7.62. The van der Waals surface area contributed by atoms with E-state index in [1.807, 2.05) is 0 Å². The zero-order chi connectivity index (χ0) is 15.1. The molecule has 20 heavy (non-hydrogen) atoms. The second-order valence-corrected chi connectivity index (χ2v) is 4.06. The highest BCUT2D eigenvalue weighted by molar-refractivity contribution is 5.94. The second-order valence-electron chi connectivity index (χ2n) is 4.06. The quantitative estimate of drug-likeness (QED) is 0.719. The highest BCUT2D eigenvalue weighted by Crippen LogP contribution is 2.10. The third-order valence-corrected chi connectivity index (χ3v) is 2.68. The molecular weight excluding hydrogens is 270 g/mol. The summed E-state index contributed by atoms with van der Waals surface area (Å²) < 4.78 is 30.8. The Morgan fingerprint density at radius 2 is 2.10 bits per heavy atom. The molecule has 0 aliphatic heterocycles. The first-order valence-electron chi connectivity index (χ1n) is 6.37. The number of nitrogens with zero attached hydrogens (tertiary/aromatic N) is 2. The standard InChI is InChI=1S/C13H18F2N2O3/c1-3-16(9-12(18)20-4-2)13(19)10-6-5-7-17(10)8-11(14)15/h5-7,11H,3-4,8-9H2,1-2H3. The monoisotopic (exact) mass is 288 g/mol. The predicted octanol–water partition coefficient (Wildman–Crippen LogP) is 1.78. The minimum absolute atomic E-state index is 0.136. The molecule has 0 aliphatic carbocycles. The summed E-state index contributed by atoms with van der Waals surface area (Å²) in [5, 5.41) is 0. The van der Waals surface area contributed by atoms with Crippen molar-refractivity contribution < 1.29 is 23.1 Å². The molecule has 0 N–H and O–H groups in total. The van der Waals surface area contributed by atoms with E-state index in [2.05, 4.69) is 0 Å². The van der Waals surface area contributed by atoms with E-state index in [0.29, 0.717) is 0 Å². The maximum Gasteiger partial charge on any atom is 0.325 e. The van der Waals surface area contributed by atoms with Gasteiger partial charge >= 0.3 is 5.97 Å². The van der Waals surface area contributed by atoms with Crippen molar-refractivity contribution in [2.75, 3.05) is 19.7 Å². The molecule has 0 saturated carbocycles. The van der Waals surface area contributed by atoms with Crippen LogP contribution in [0.2, 0.25) is 0 Å². The van der Waals surface area contributed by atoms with Crippen molar-refractivity contribution in [1.29, 1.82) is 0 Å². The van der Waals surface area contributed by atoms with Crippen LogP contribution in [0, 0.1) is 0 Å². The first-order valence-corrected chi connectivity index (χ1v) is 6.37. The number of ether oxygens (including phenoxy) is 1. The lowest BCUT2D eigenvalue weighted by Crippen LogP contribution is -2.37. The van der Waals surface area contributed by atoms with Crippen molar-refractivity contribution in [3.8, 4) is 0 Å². The van der Waals surface area contributed by atoms with Crippen LogP contribution in [0.25, 0.3) is 0 Å². The molecule has 1 aromatic rings. The van der Waals surface area contributed by atoms with Gasteiger partial charge in [0, 0.05) is 12.7 Å². The Labute approximate surface area is 116 Å². The lowest BCUT2D eigenvalue weighted by molar-refractivity contribution is -0.143. The Balaban J connectivity index is 2.80. The van der Waals surface area contributed by atoms with Crippen LogP contribution in [-0.4, -0.2) is 47.5 Å². The van der Waals surface area contributed by atoms with Gasteiger partial charge < -0.3 is 14.2 Å². The average molecular weight is 288 g/mol. The largest absolute Gasteiger partial charge is 0.465 e. The van der Waals surface area contributed by atoms with E-state index < -0.39 is 24.8 Å². The highest BCUT2D eigenvalue weighted by atomic mass is 19.3. The predicted molar refractivity (Wildman–Crippen MR) is 68.6 cm³/mol. The third kappa shape index (κ3) is 4.32. The van der Waals surface area contributed by atoms with Gasteiger partial charge in [0.1, 0.15) is 12.2 Å². The number of carbonyl (C=O) groups excluding carboxylic acids is 2. The lowest BCUT2D eigenvalue weighted by atomic mass is 10.3. The Bertz CT molecular complexity index is 460. The van der Waals surface area contributed by atoms with Crippen molar-refractivity contribution in [2.45, 2.75) is 26.8 Å². The van der Waals surface area contributed by atoms with Gasteiger partial charge in [0.25, 0.3) is 12.3 Å². The molecule has 0 spiro atoms. The summed E-state index contributed by atoms with van der Waals surface area (Å²) in [5.41, 5.74) is 0.136. The van der Waals surface area contributed by atoms with E-state index in [4.69, 9.17) is 4.74 Å². The Kier molecular flexibility index (Phi) is 6.14. The van der Waals surface area contributed by atoms with E-state index in [-0.39, 0.29) is 25.4 Å². The van der Waals surface area contributed by atoms with Crippen LogP contribution in [-0.2, 0) is 16.1 Å². The zero-order valence-corrected chi connectivity index (χ0v) is 11.5. The summed E-state index contributed by atoms with van der Waals surface area (Å²) in [4.78, 5) is 24.9. The van der Waals surface area contributed by atoms with E-state index in [1.165, 1.54) is 27.8 Å². The van der Waals surface area contributed by atoms with E-state index >= 15 is 0 Å². The van der Waals surface area contributed by atoms with Crippen molar-refractivity contribution in [3.05, 3.63) is 24.0 Å². The molecule has 0 atom stereocenters. The molecular formula is C13H18F2N2O3. The summed E-state index contributed by atoms with van der Waals surface area (Å²) in [6.07, 6.45) is -1.13. The van der Waals surface area contributed by atoms with Crippen LogP contribution in [0.1, 0.15) is 24.3 Å². The fraction of sp³-hybridized carbons (Fsp3) is 0.538. The number of hydrogen-bond acceptors (Lipinski definition) is 3. The lowest BCUT2D eigenvalue weighted by Gasteiger charge is -2.20. The van der Waals surface area contributed by atoms with Crippen LogP contribution in [0.5, 0.6) is 0 Å². The molecule has 0 radical (unpaired) electrons. The topological polar surface area (TPSA) is 51.5 Å². The molecule has 0 bridgehead atoms. The molecule has 0 saturated heterocycles. The first-order chi connectivity index (χ1) is 9.49. The molecule has 1 aromatic heterocycles. The Morgan fingerprint density at radius 3 is 2.65 bits per heavy atom. The number of aromatic nitrogens is 1. The molecule has 0 unspecified atom stereocenters. The summed E-state index contributed by atoms with van der Waals surface area (Å²) in [6.45, 7) is 3.15. The van der Waals surface area contributed by atoms with Crippen LogP contribution in [0.3, 0.4) is 0 Å². The fourth-order valence-corrected chi connectivity index (χ4v) is 1.77. The number of halogens is 2. The number of esters is 1. The van der Waals surface area contributed by atoms with Crippen LogP contribution >= 0.6 is 0 Å². The van der Waals surface area contributed by atoms with Crippen LogP contribution in [0.15, 0.2) is 18.3 Å². The van der Waals surface area contributed by atoms with E-state index in [0.717, 1.165) is 0 Å². The number of likely N-dealkylation sites (N-methyl/N-ethyl adjacent to an activating group) is 1. The maximum atomic E-state index is 12.4. The SMILES string of the molecule is CCOC(=O)CN(CC)C(=O)c1cccn1CC(F)F. The minimum Gasteiger partial charge on any atom is -0.465 e. The van der Waals surface area contributed by atoms with Gasteiger partial charge in [-0.05, 0) is 26.0 Å². The van der Waals surface area contributed by atoms with Gasteiger partial charge in [0.15, 0.2) is 0 Å². The maximum absolute atomic E-state index is 12.4. The number of carbonyl (C=O) groups is 2. The summed E-state index contributed by atoms with van der Waals surface area (Å²) in [7, 11) is 0. The molecule has 0 aliphatic rings. The van der Waals surface area contributed by atoms with Crippen molar-refractivity contribution >= 4 is 11.9 Å². The highest BCUT2D eigenvalue weighted by Gasteiger charge is 2.21. The van der Waals surface area contributed by atoms with Gasteiger partial charge in [-0.25, -0.2) is 8.78 Å². The first kappa shape index (κ1) is 16.1. The smallest absolute Gasteiger partial charge is 0.325 e. The average Bonchev–Trinajstić information content (AvgIpc) is 2.82. The molecule has 1 heterocycles. The van der Waals surface area contributed by atoms with Gasteiger partial charge in [-0.15, -0.1) is 0 Å². The summed E-state index contributed by atoms with van der Waals surface area (Å²) in [6, 6.07) is 2.98. The van der Waals surface area contributed by atoms with E-state index in [1.54, 1.807) is 13.8 Å². The molecule has 5 nitrogen and oxygen atoms in total. The number of amides is 1. The van der Waals surface area contributed by atoms with Crippen molar-refractivity contribution in [1.82, 2.24) is 9.47 Å². The minimum atomic E-state index is -2.55. The van der Waals surface area contributed by atoms with Crippen LogP contribution in [0.4, 0.5) is 8.78 Å². The normalized spacial score (nSPS) is 10.7. The van der Waals surface area contributed by atoms with Gasteiger partial charge in [0.05, 0.1) is 13.2 Å². The summed E-state index contributed by atoms with van der Waals surface area (Å²) in [5.74, 6) is -0.985. The van der Waals surface area contributed by atoms with Crippen molar-refractivity contribution in [2.24, 2.45) is 0 Å². The number of alkyl halides is 2. The Hall–Kier alpha value is -1.92. The Morgan fingerprint density at radius 1 is 1.40 bits per heavy atom. The van der Waals surface area contributed by atoms with Gasteiger partial charge in [-0.2, -0.15) is 0 Å². The fourth-order valence-electron chi connectivity index (χ4n) is 1.77. The zero-order valence-electron chi connectivity index (χ0n) is 11.5. The number of hydrogen-bond donors (Lipinski definition) is 0. The molecule has 0 aromatic carbocycles. The van der Waals surface area contributed by atoms with Gasteiger partial charge in [0.2, 0.25) is 0 Å². The van der Waals surface area contributed by atoms with Gasteiger partial charge in [-0.1, -0.05) is 0 Å². The molecule has 0 fully saturated rings.